The minimum Gasteiger partial charge on any atom is -0.496 e. The highest BCUT2D eigenvalue weighted by Gasteiger charge is 2.15. The molecule has 0 fully saturated rings. The summed E-state index contributed by atoms with van der Waals surface area (Å²) < 4.78 is 5.41. The third-order valence-electron chi connectivity index (χ3n) is 3.19. The van der Waals surface area contributed by atoms with E-state index < -0.39 is 0 Å². The van der Waals surface area contributed by atoms with E-state index >= 15 is 0 Å². The standard InChI is InChI=1S/C16H16BrClO/c1-19-16-9-5-2-6-12(16)10-13(11-17)14-7-3-4-8-15(14)18/h2-9,13H,10-11H2,1H3. The Bertz CT molecular complexity index is 542. The van der Waals surface area contributed by atoms with Crippen LogP contribution in [0.2, 0.25) is 5.02 Å². The quantitative estimate of drug-likeness (QED) is 0.691. The molecule has 0 spiro atoms. The molecule has 0 aliphatic rings. The molecule has 3 heteroatoms. The summed E-state index contributed by atoms with van der Waals surface area (Å²) >= 11 is 9.88. The number of alkyl halides is 1. The van der Waals surface area contributed by atoms with Gasteiger partial charge in [-0.3, -0.25) is 0 Å². The van der Waals surface area contributed by atoms with Gasteiger partial charge in [0.2, 0.25) is 0 Å². The van der Waals surface area contributed by atoms with Crippen molar-refractivity contribution in [3.8, 4) is 5.75 Å². The van der Waals surface area contributed by atoms with E-state index in [0.29, 0.717) is 5.92 Å². The van der Waals surface area contributed by atoms with Crippen LogP contribution in [0.5, 0.6) is 5.75 Å². The van der Waals surface area contributed by atoms with E-state index in [-0.39, 0.29) is 0 Å². The Balaban J connectivity index is 2.27. The molecule has 100 valence electrons. The van der Waals surface area contributed by atoms with E-state index in [2.05, 4.69) is 28.1 Å². The second kappa shape index (κ2) is 6.97. The first-order valence-corrected chi connectivity index (χ1v) is 7.68. The maximum atomic E-state index is 6.29. The van der Waals surface area contributed by atoms with Crippen molar-refractivity contribution < 1.29 is 4.74 Å². The molecule has 0 bridgehead atoms. The molecule has 2 aromatic rings. The topological polar surface area (TPSA) is 9.23 Å². The summed E-state index contributed by atoms with van der Waals surface area (Å²) in [4.78, 5) is 0. The lowest BCUT2D eigenvalue weighted by Crippen LogP contribution is -2.06. The summed E-state index contributed by atoms with van der Waals surface area (Å²) in [7, 11) is 1.71. The summed E-state index contributed by atoms with van der Waals surface area (Å²) in [6, 6.07) is 16.1. The van der Waals surface area contributed by atoms with E-state index in [1.807, 2.05) is 36.4 Å². The molecule has 1 atom stereocenters. The average Bonchev–Trinajstić information content (AvgIpc) is 2.46. The lowest BCUT2D eigenvalue weighted by Gasteiger charge is -2.17. The SMILES string of the molecule is COc1ccccc1CC(CBr)c1ccccc1Cl. The monoisotopic (exact) mass is 338 g/mol. The average molecular weight is 340 g/mol. The van der Waals surface area contributed by atoms with Gasteiger partial charge in [-0.1, -0.05) is 63.9 Å². The van der Waals surface area contributed by atoms with Crippen molar-refractivity contribution in [1.82, 2.24) is 0 Å². The van der Waals surface area contributed by atoms with Gasteiger partial charge in [0.05, 0.1) is 7.11 Å². The zero-order valence-corrected chi connectivity index (χ0v) is 13.1. The molecule has 1 nitrogen and oxygen atoms in total. The summed E-state index contributed by atoms with van der Waals surface area (Å²) in [6.45, 7) is 0. The summed E-state index contributed by atoms with van der Waals surface area (Å²) in [5.41, 5.74) is 2.38. The Hall–Kier alpha value is -0.990. The second-order valence-corrected chi connectivity index (χ2v) is 5.44. The predicted octanol–water partition coefficient (Wildman–Crippen LogP) is 5.07. The van der Waals surface area contributed by atoms with Crippen LogP contribution < -0.4 is 4.74 Å². The smallest absolute Gasteiger partial charge is 0.122 e. The van der Waals surface area contributed by atoms with Gasteiger partial charge < -0.3 is 4.74 Å². The van der Waals surface area contributed by atoms with Crippen LogP contribution in [0.4, 0.5) is 0 Å². The number of hydrogen-bond donors (Lipinski definition) is 0. The highest BCUT2D eigenvalue weighted by Crippen LogP contribution is 2.31. The van der Waals surface area contributed by atoms with Crippen LogP contribution in [-0.2, 0) is 6.42 Å². The van der Waals surface area contributed by atoms with Crippen LogP contribution >= 0.6 is 27.5 Å². The van der Waals surface area contributed by atoms with E-state index in [1.54, 1.807) is 7.11 Å². The summed E-state index contributed by atoms with van der Waals surface area (Å²) in [5.74, 6) is 1.27. The Morgan fingerprint density at radius 2 is 1.79 bits per heavy atom. The summed E-state index contributed by atoms with van der Waals surface area (Å²) in [5, 5.41) is 1.69. The number of ether oxygens (including phenoxy) is 1. The van der Waals surface area contributed by atoms with Gasteiger partial charge in [0.25, 0.3) is 0 Å². The molecular weight excluding hydrogens is 324 g/mol. The number of para-hydroxylation sites is 1. The van der Waals surface area contributed by atoms with Gasteiger partial charge in [0.1, 0.15) is 5.75 Å². The van der Waals surface area contributed by atoms with Crippen LogP contribution in [0.3, 0.4) is 0 Å². The second-order valence-electron chi connectivity index (χ2n) is 4.39. The van der Waals surface area contributed by atoms with Gasteiger partial charge in [0, 0.05) is 10.4 Å². The fourth-order valence-electron chi connectivity index (χ4n) is 2.19. The number of halogens is 2. The number of methoxy groups -OCH3 is 1. The van der Waals surface area contributed by atoms with Crippen molar-refractivity contribution in [3.63, 3.8) is 0 Å². The molecule has 0 amide bonds. The Labute approximate surface area is 127 Å². The third kappa shape index (κ3) is 3.52. The Morgan fingerprint density at radius 1 is 1.11 bits per heavy atom. The molecule has 1 unspecified atom stereocenters. The Morgan fingerprint density at radius 3 is 2.47 bits per heavy atom. The Kier molecular flexibility index (Phi) is 5.29. The van der Waals surface area contributed by atoms with Gasteiger partial charge in [0.15, 0.2) is 0 Å². The van der Waals surface area contributed by atoms with Gasteiger partial charge in [-0.2, -0.15) is 0 Å². The minimum atomic E-state index is 0.338. The van der Waals surface area contributed by atoms with Gasteiger partial charge in [-0.15, -0.1) is 0 Å². The first-order chi connectivity index (χ1) is 9.26. The van der Waals surface area contributed by atoms with E-state index in [1.165, 1.54) is 11.1 Å². The highest BCUT2D eigenvalue weighted by molar-refractivity contribution is 9.09. The third-order valence-corrected chi connectivity index (χ3v) is 4.32. The first kappa shape index (κ1) is 14.4. The molecule has 0 saturated carbocycles. The zero-order valence-electron chi connectivity index (χ0n) is 10.8. The minimum absolute atomic E-state index is 0.338. The molecule has 2 rings (SSSR count). The van der Waals surface area contributed by atoms with Gasteiger partial charge >= 0.3 is 0 Å². The first-order valence-electron chi connectivity index (χ1n) is 6.18. The van der Waals surface area contributed by atoms with Crippen LogP contribution in [0, 0.1) is 0 Å². The van der Waals surface area contributed by atoms with Crippen LogP contribution in [0.25, 0.3) is 0 Å². The van der Waals surface area contributed by atoms with E-state index in [9.17, 15) is 0 Å². The number of hydrogen-bond acceptors (Lipinski definition) is 1. The zero-order chi connectivity index (χ0) is 13.7. The molecule has 0 saturated heterocycles. The largest absolute Gasteiger partial charge is 0.496 e. The molecular formula is C16H16BrClO. The van der Waals surface area contributed by atoms with Crippen molar-refractivity contribution >= 4 is 27.5 Å². The summed E-state index contributed by atoms with van der Waals surface area (Å²) in [6.07, 6.45) is 0.902. The van der Waals surface area contributed by atoms with Crippen molar-refractivity contribution in [3.05, 3.63) is 64.7 Å². The lowest BCUT2D eigenvalue weighted by atomic mass is 9.93. The van der Waals surface area contributed by atoms with Crippen molar-refractivity contribution in [1.29, 1.82) is 0 Å². The molecule has 0 heterocycles. The highest BCUT2D eigenvalue weighted by atomic mass is 79.9. The van der Waals surface area contributed by atoms with Crippen molar-refractivity contribution in [2.45, 2.75) is 12.3 Å². The molecule has 0 aliphatic heterocycles. The van der Waals surface area contributed by atoms with E-state index in [0.717, 1.165) is 22.5 Å². The maximum Gasteiger partial charge on any atom is 0.122 e. The van der Waals surface area contributed by atoms with E-state index in [4.69, 9.17) is 16.3 Å². The maximum absolute atomic E-state index is 6.29. The normalized spacial score (nSPS) is 12.2. The number of benzene rings is 2. The van der Waals surface area contributed by atoms with Crippen LogP contribution in [-0.4, -0.2) is 12.4 Å². The fourth-order valence-corrected chi connectivity index (χ4v) is 3.06. The van der Waals surface area contributed by atoms with Crippen LogP contribution in [0.15, 0.2) is 48.5 Å². The van der Waals surface area contributed by atoms with Crippen molar-refractivity contribution in [2.75, 3.05) is 12.4 Å². The molecule has 0 aliphatic carbocycles. The lowest BCUT2D eigenvalue weighted by molar-refractivity contribution is 0.408. The molecule has 0 radical (unpaired) electrons. The molecule has 19 heavy (non-hydrogen) atoms. The molecule has 0 N–H and O–H groups in total. The molecule has 2 aromatic carbocycles. The number of rotatable bonds is 5. The van der Waals surface area contributed by atoms with Crippen molar-refractivity contribution in [2.24, 2.45) is 0 Å². The molecule has 0 aromatic heterocycles. The van der Waals surface area contributed by atoms with Crippen LogP contribution in [0.1, 0.15) is 17.0 Å². The fraction of sp³-hybridized carbons (Fsp3) is 0.250. The van der Waals surface area contributed by atoms with Gasteiger partial charge in [-0.05, 0) is 35.6 Å². The van der Waals surface area contributed by atoms with Gasteiger partial charge in [-0.25, -0.2) is 0 Å². The predicted molar refractivity (Wildman–Crippen MR) is 84.7 cm³/mol.